The van der Waals surface area contributed by atoms with Crippen molar-refractivity contribution in [3.05, 3.63) is 53.7 Å². The molecule has 1 N–H and O–H groups in total. The van der Waals surface area contributed by atoms with Gasteiger partial charge in [0.15, 0.2) is 0 Å². The predicted molar refractivity (Wildman–Crippen MR) is 103 cm³/mol. The van der Waals surface area contributed by atoms with Gasteiger partial charge >= 0.3 is 0 Å². The molecule has 0 amide bonds. The number of nitrogens with zero attached hydrogens (tertiary/aromatic N) is 3. The molecule has 1 aliphatic rings. The van der Waals surface area contributed by atoms with E-state index >= 15 is 0 Å². The minimum Gasteiger partial charge on any atom is -0.339 e. The summed E-state index contributed by atoms with van der Waals surface area (Å²) in [6.07, 6.45) is 5.13. The number of rotatable bonds is 3. The average molecular weight is 386 g/mol. The summed E-state index contributed by atoms with van der Waals surface area (Å²) in [5, 5.41) is 0.739. The van der Waals surface area contributed by atoms with Crippen LogP contribution in [0.3, 0.4) is 0 Å². The molecule has 0 saturated heterocycles. The van der Waals surface area contributed by atoms with Crippen LogP contribution in [0.25, 0.3) is 27.9 Å². The van der Waals surface area contributed by atoms with Crippen molar-refractivity contribution in [3.8, 4) is 11.3 Å². The zero-order chi connectivity index (χ0) is 19.2. The van der Waals surface area contributed by atoms with Crippen molar-refractivity contribution < 1.29 is 12.8 Å². The maximum atomic E-state index is 14.4. The number of aromatic amines is 1. The summed E-state index contributed by atoms with van der Waals surface area (Å²) in [4.78, 5) is 11.8. The summed E-state index contributed by atoms with van der Waals surface area (Å²) in [5.41, 5.74) is 4.43. The second-order valence-corrected chi connectivity index (χ2v) is 8.73. The number of aromatic nitrogens is 3. The maximum absolute atomic E-state index is 14.4. The minimum atomic E-state index is -3.19. The lowest BCUT2D eigenvalue weighted by Crippen LogP contribution is -2.33. The minimum absolute atomic E-state index is 0.330. The third-order valence-corrected chi connectivity index (χ3v) is 6.06. The summed E-state index contributed by atoms with van der Waals surface area (Å²) in [7, 11) is -3.19. The Morgan fingerprint density at radius 3 is 2.74 bits per heavy atom. The number of hydrogen-bond donors (Lipinski definition) is 1. The first-order chi connectivity index (χ1) is 12.8. The average Bonchev–Trinajstić information content (AvgIpc) is 3.07. The molecule has 3 heterocycles. The molecular formula is C19H19FN4O2S. The Morgan fingerprint density at radius 1 is 1.22 bits per heavy atom. The summed E-state index contributed by atoms with van der Waals surface area (Å²) < 4.78 is 39.1. The van der Waals surface area contributed by atoms with Gasteiger partial charge < -0.3 is 4.98 Å². The smallest absolute Gasteiger partial charge is 0.211 e. The fraction of sp³-hybridized carbons (Fsp3) is 0.263. The number of sulfonamides is 1. The van der Waals surface area contributed by atoms with E-state index in [9.17, 15) is 12.8 Å². The van der Waals surface area contributed by atoms with Gasteiger partial charge in [0.05, 0.1) is 11.9 Å². The number of aryl methyl sites for hydroxylation is 1. The molecule has 2 aromatic heterocycles. The molecule has 0 saturated carbocycles. The number of halogens is 1. The van der Waals surface area contributed by atoms with Gasteiger partial charge in [-0.2, -0.15) is 4.31 Å². The first-order valence-electron chi connectivity index (χ1n) is 8.58. The Morgan fingerprint density at radius 2 is 2.04 bits per heavy atom. The van der Waals surface area contributed by atoms with E-state index in [1.165, 1.54) is 23.0 Å². The normalized spacial score (nSPS) is 15.9. The molecule has 0 aliphatic carbocycles. The van der Waals surface area contributed by atoms with Gasteiger partial charge in [-0.05, 0) is 37.1 Å². The van der Waals surface area contributed by atoms with Crippen LogP contribution >= 0.6 is 0 Å². The van der Waals surface area contributed by atoms with Crippen LogP contribution in [-0.2, 0) is 10.0 Å². The summed E-state index contributed by atoms with van der Waals surface area (Å²) in [6, 6.07) is 6.85. The van der Waals surface area contributed by atoms with Crippen molar-refractivity contribution in [2.45, 2.75) is 13.3 Å². The Balaban J connectivity index is 1.76. The number of H-pyrrole nitrogens is 1. The van der Waals surface area contributed by atoms with E-state index in [2.05, 4.69) is 15.0 Å². The number of fused-ring (bicyclic) bond motifs is 1. The van der Waals surface area contributed by atoms with Gasteiger partial charge in [-0.1, -0.05) is 17.7 Å². The van der Waals surface area contributed by atoms with Crippen molar-refractivity contribution in [2.75, 3.05) is 19.3 Å². The van der Waals surface area contributed by atoms with E-state index in [4.69, 9.17) is 0 Å². The van der Waals surface area contributed by atoms with Crippen molar-refractivity contribution in [1.82, 2.24) is 19.3 Å². The number of nitrogens with one attached hydrogen (secondary N) is 1. The molecule has 6 nitrogen and oxygen atoms in total. The Bertz CT molecular complexity index is 1170. The standard InChI is InChI=1S/C19H19FN4O2S/c1-12-3-4-16(20)14(9-12)18-15-10-17(23-19(15)22-11-21-18)13-5-7-24(8-6-13)27(2,25)26/h3-5,9-11H,6-8H2,1-2H3,(H,21,22,23). The molecule has 0 fully saturated rings. The first-order valence-corrected chi connectivity index (χ1v) is 10.4. The third kappa shape index (κ3) is 3.38. The molecule has 140 valence electrons. The highest BCUT2D eigenvalue weighted by molar-refractivity contribution is 7.88. The van der Waals surface area contributed by atoms with E-state index in [-0.39, 0.29) is 5.82 Å². The second kappa shape index (κ2) is 6.54. The molecule has 27 heavy (non-hydrogen) atoms. The van der Waals surface area contributed by atoms with Gasteiger partial charge in [0.1, 0.15) is 17.8 Å². The lowest BCUT2D eigenvalue weighted by molar-refractivity contribution is 0.445. The highest BCUT2D eigenvalue weighted by Crippen LogP contribution is 2.32. The maximum Gasteiger partial charge on any atom is 0.211 e. The largest absolute Gasteiger partial charge is 0.339 e. The predicted octanol–water partition coefficient (Wildman–Crippen LogP) is 3.12. The lowest BCUT2D eigenvalue weighted by Gasteiger charge is -2.23. The SMILES string of the molecule is Cc1ccc(F)c(-c2ncnc3[nH]c(C4=CCN(S(C)(=O)=O)CC4)cc23)c1. The summed E-state index contributed by atoms with van der Waals surface area (Å²) in [6.45, 7) is 2.68. The van der Waals surface area contributed by atoms with Gasteiger partial charge in [0, 0.05) is 29.7 Å². The van der Waals surface area contributed by atoms with Gasteiger partial charge in [-0.3, -0.25) is 0 Å². The zero-order valence-electron chi connectivity index (χ0n) is 15.0. The molecule has 0 radical (unpaired) electrons. The van der Waals surface area contributed by atoms with E-state index in [1.54, 1.807) is 12.1 Å². The Hall–Kier alpha value is -2.58. The van der Waals surface area contributed by atoms with Crippen LogP contribution in [0.1, 0.15) is 17.7 Å². The van der Waals surface area contributed by atoms with Crippen LogP contribution in [0.5, 0.6) is 0 Å². The Labute approximate surface area is 156 Å². The van der Waals surface area contributed by atoms with Crippen molar-refractivity contribution in [2.24, 2.45) is 0 Å². The fourth-order valence-corrected chi connectivity index (χ4v) is 4.11. The molecule has 3 aromatic rings. The first kappa shape index (κ1) is 17.8. The molecule has 1 aliphatic heterocycles. The summed E-state index contributed by atoms with van der Waals surface area (Å²) in [5.74, 6) is -0.330. The third-order valence-electron chi connectivity index (χ3n) is 4.79. The van der Waals surface area contributed by atoms with Crippen LogP contribution in [-0.4, -0.2) is 47.0 Å². The molecule has 0 bridgehead atoms. The van der Waals surface area contributed by atoms with Crippen LogP contribution in [0, 0.1) is 12.7 Å². The molecule has 1 aromatic carbocycles. The van der Waals surface area contributed by atoms with Crippen LogP contribution in [0.4, 0.5) is 4.39 Å². The highest BCUT2D eigenvalue weighted by atomic mass is 32.2. The van der Waals surface area contributed by atoms with Crippen LogP contribution in [0.2, 0.25) is 0 Å². The zero-order valence-corrected chi connectivity index (χ0v) is 15.8. The molecule has 8 heteroatoms. The molecule has 0 unspecified atom stereocenters. The molecule has 0 spiro atoms. The fourth-order valence-electron chi connectivity index (χ4n) is 3.34. The van der Waals surface area contributed by atoms with E-state index in [0.717, 1.165) is 22.2 Å². The second-order valence-electron chi connectivity index (χ2n) is 6.75. The van der Waals surface area contributed by atoms with Crippen molar-refractivity contribution in [3.63, 3.8) is 0 Å². The topological polar surface area (TPSA) is 79.0 Å². The highest BCUT2D eigenvalue weighted by Gasteiger charge is 2.22. The van der Waals surface area contributed by atoms with Gasteiger partial charge in [0.2, 0.25) is 10.0 Å². The molecule has 4 rings (SSSR count). The van der Waals surface area contributed by atoms with Gasteiger partial charge in [-0.25, -0.2) is 22.8 Å². The van der Waals surface area contributed by atoms with Gasteiger partial charge in [0.25, 0.3) is 0 Å². The van der Waals surface area contributed by atoms with E-state index in [0.29, 0.717) is 36.4 Å². The van der Waals surface area contributed by atoms with Gasteiger partial charge in [-0.15, -0.1) is 0 Å². The van der Waals surface area contributed by atoms with E-state index < -0.39 is 10.0 Å². The molecular weight excluding hydrogens is 367 g/mol. The lowest BCUT2D eigenvalue weighted by atomic mass is 10.0. The quantitative estimate of drug-likeness (QED) is 0.750. The van der Waals surface area contributed by atoms with E-state index in [1.807, 2.05) is 19.1 Å². The molecule has 0 atom stereocenters. The van der Waals surface area contributed by atoms with Crippen molar-refractivity contribution >= 4 is 26.6 Å². The number of benzene rings is 1. The van der Waals surface area contributed by atoms with Crippen molar-refractivity contribution in [1.29, 1.82) is 0 Å². The van der Waals surface area contributed by atoms with Crippen LogP contribution in [0.15, 0.2) is 36.7 Å². The number of hydrogen-bond acceptors (Lipinski definition) is 4. The summed E-state index contributed by atoms with van der Waals surface area (Å²) >= 11 is 0. The van der Waals surface area contributed by atoms with Crippen LogP contribution < -0.4 is 0 Å². The monoisotopic (exact) mass is 386 g/mol. The Kier molecular flexibility index (Phi) is 4.32.